The summed E-state index contributed by atoms with van der Waals surface area (Å²) >= 11 is 0. The topological polar surface area (TPSA) is 53.0 Å². The Morgan fingerprint density at radius 2 is 1.94 bits per heavy atom. The number of hydrogen-bond donors (Lipinski definition) is 1. The number of piperidine rings is 1. The summed E-state index contributed by atoms with van der Waals surface area (Å²) in [5, 5.41) is 10.4. The monoisotopic (exact) mass is 508 g/mol. The molecule has 7 rings (SSSR count). The Hall–Kier alpha value is -2.08. The molecule has 1 N–H and O–H groups in total. The van der Waals surface area contributed by atoms with Gasteiger partial charge in [0, 0.05) is 26.1 Å². The van der Waals surface area contributed by atoms with Crippen LogP contribution in [0.2, 0.25) is 0 Å². The average Bonchev–Trinajstić information content (AvgIpc) is 3.51. The zero-order valence-corrected chi connectivity index (χ0v) is 21.9. The Kier molecular flexibility index (Phi) is 5.90. The third kappa shape index (κ3) is 3.61. The van der Waals surface area contributed by atoms with E-state index in [1.807, 2.05) is 54.4 Å². The minimum absolute atomic E-state index is 0. The van der Waals surface area contributed by atoms with Crippen LogP contribution in [0.5, 0.6) is 5.75 Å². The number of amides is 1. The van der Waals surface area contributed by atoms with Crippen LogP contribution in [-0.4, -0.2) is 64.7 Å². The molecule has 6 heteroatoms. The molecule has 4 fully saturated rings. The molecule has 0 spiro atoms. The Morgan fingerprint density at radius 3 is 2.72 bits per heavy atom. The second-order valence-corrected chi connectivity index (χ2v) is 11.9. The average molecular weight is 509 g/mol. The summed E-state index contributed by atoms with van der Waals surface area (Å²) in [5.74, 6) is 2.11. The van der Waals surface area contributed by atoms with Crippen molar-refractivity contribution in [2.45, 2.75) is 68.1 Å². The van der Waals surface area contributed by atoms with Gasteiger partial charge in [0.2, 0.25) is 5.91 Å². The van der Waals surface area contributed by atoms with E-state index in [0.29, 0.717) is 30.6 Å². The molecule has 0 radical (unpaired) electrons. The van der Waals surface area contributed by atoms with Gasteiger partial charge < -0.3 is 14.7 Å². The predicted octanol–water partition coefficient (Wildman–Crippen LogP) is 4.56. The fourth-order valence-electron chi connectivity index (χ4n) is 8.35. The van der Waals surface area contributed by atoms with E-state index in [1.165, 1.54) is 30.5 Å². The van der Waals surface area contributed by atoms with Crippen LogP contribution < -0.4 is 0 Å². The first-order valence-electron chi connectivity index (χ1n) is 13.5. The molecule has 4 bridgehead atoms. The van der Waals surface area contributed by atoms with Crippen LogP contribution in [0.1, 0.15) is 54.7 Å². The summed E-state index contributed by atoms with van der Waals surface area (Å²) in [6.45, 7) is 2.96. The number of carbonyl (C=O) groups excluding carboxylic acids is 1. The lowest BCUT2D eigenvalue weighted by molar-refractivity contribution is -0.134. The molecule has 36 heavy (non-hydrogen) atoms. The van der Waals surface area contributed by atoms with E-state index in [0.717, 1.165) is 43.7 Å². The number of phenolic OH excluding ortho intramolecular Hbond substituents is 1. The van der Waals surface area contributed by atoms with E-state index in [4.69, 9.17) is 4.74 Å². The predicted molar refractivity (Wildman–Crippen MR) is 142 cm³/mol. The lowest BCUT2D eigenvalue weighted by atomic mass is 9.52. The Labute approximate surface area is 220 Å². The quantitative estimate of drug-likeness (QED) is 0.621. The molecule has 4 unspecified atom stereocenters. The lowest BCUT2D eigenvalue weighted by Crippen LogP contribution is -2.70. The standard InChI is InChI=1S/C30H36N2O3.ClH/c1-31(27(34)15-20-5-3-2-4-6-20)19-29-13-11-26(35-29)30-17-22-9-10-23(33)16-25(22)24(28(29)30)12-14-32(30)18-21-7-8-21;/h2-6,9-10,16,21,24,26,28,33H,7-8,11-15,17-19H2,1H3;1H/t24?,26?,28?,29-,30?;/m0./s1. The number of halogens is 1. The smallest absolute Gasteiger partial charge is 0.226 e. The fourth-order valence-corrected chi connectivity index (χ4v) is 8.35. The number of hydrogen-bond acceptors (Lipinski definition) is 4. The van der Waals surface area contributed by atoms with Gasteiger partial charge in [-0.05, 0) is 85.7 Å². The van der Waals surface area contributed by atoms with Crippen molar-refractivity contribution in [3.63, 3.8) is 0 Å². The normalized spacial score (nSPS) is 34.0. The molecule has 3 aliphatic heterocycles. The van der Waals surface area contributed by atoms with Crippen molar-refractivity contribution in [1.82, 2.24) is 9.80 Å². The molecule has 192 valence electrons. The maximum atomic E-state index is 13.3. The SMILES string of the molecule is CN(C[C@]12CCC(O1)C13Cc4ccc(O)cc4C(CCN1CC1CC1)C32)C(=O)Cc1ccccc1.Cl. The van der Waals surface area contributed by atoms with Gasteiger partial charge >= 0.3 is 0 Å². The van der Waals surface area contributed by atoms with Crippen LogP contribution in [0.15, 0.2) is 48.5 Å². The minimum Gasteiger partial charge on any atom is -0.508 e. The van der Waals surface area contributed by atoms with Gasteiger partial charge in [-0.1, -0.05) is 36.4 Å². The Balaban J connectivity index is 0.00000240. The minimum atomic E-state index is -0.304. The molecular weight excluding hydrogens is 472 g/mol. The zero-order chi connectivity index (χ0) is 23.8. The van der Waals surface area contributed by atoms with Gasteiger partial charge in [0.25, 0.3) is 0 Å². The van der Waals surface area contributed by atoms with Crippen molar-refractivity contribution in [2.24, 2.45) is 11.8 Å². The molecule has 2 aromatic carbocycles. The number of nitrogens with zero attached hydrogens (tertiary/aromatic N) is 2. The van der Waals surface area contributed by atoms with Crippen LogP contribution >= 0.6 is 12.4 Å². The Morgan fingerprint density at radius 1 is 1.14 bits per heavy atom. The molecule has 3 heterocycles. The Bertz CT molecular complexity index is 1150. The maximum absolute atomic E-state index is 13.3. The molecule has 0 aromatic heterocycles. The van der Waals surface area contributed by atoms with E-state index in [-0.39, 0.29) is 35.6 Å². The first kappa shape index (κ1) is 24.3. The van der Waals surface area contributed by atoms with Gasteiger partial charge in [0.05, 0.1) is 23.7 Å². The number of likely N-dealkylation sites (N-methyl/N-ethyl adjacent to an activating group) is 1. The highest BCUT2D eigenvalue weighted by Gasteiger charge is 2.73. The molecule has 2 aromatic rings. The fraction of sp³-hybridized carbons (Fsp3) is 0.567. The third-order valence-electron chi connectivity index (χ3n) is 9.88. The number of ether oxygens (including phenoxy) is 1. The maximum Gasteiger partial charge on any atom is 0.226 e. The number of aromatic hydroxyl groups is 1. The number of likely N-dealkylation sites (tertiary alicyclic amines) is 1. The van der Waals surface area contributed by atoms with Crippen molar-refractivity contribution < 1.29 is 14.6 Å². The van der Waals surface area contributed by atoms with Crippen molar-refractivity contribution in [1.29, 1.82) is 0 Å². The van der Waals surface area contributed by atoms with E-state index in [1.54, 1.807) is 0 Å². The van der Waals surface area contributed by atoms with E-state index >= 15 is 0 Å². The van der Waals surface area contributed by atoms with Gasteiger partial charge in [-0.15, -0.1) is 12.4 Å². The highest BCUT2D eigenvalue weighted by Crippen LogP contribution is 2.66. The number of phenols is 1. The van der Waals surface area contributed by atoms with Crippen molar-refractivity contribution in [3.8, 4) is 5.75 Å². The number of fused-ring (bicyclic) bond motifs is 4. The van der Waals surface area contributed by atoms with Crippen LogP contribution in [-0.2, 0) is 22.4 Å². The van der Waals surface area contributed by atoms with E-state index in [9.17, 15) is 9.90 Å². The molecule has 5 aliphatic rings. The zero-order valence-electron chi connectivity index (χ0n) is 21.1. The van der Waals surface area contributed by atoms with Gasteiger partial charge in [-0.3, -0.25) is 9.69 Å². The molecule has 5 nitrogen and oxygen atoms in total. The summed E-state index contributed by atoms with van der Waals surface area (Å²) < 4.78 is 7.08. The second-order valence-electron chi connectivity index (χ2n) is 11.9. The number of carbonyl (C=O) groups is 1. The molecule has 1 amide bonds. The van der Waals surface area contributed by atoms with Gasteiger partial charge in [0.1, 0.15) is 5.75 Å². The largest absolute Gasteiger partial charge is 0.508 e. The van der Waals surface area contributed by atoms with Crippen LogP contribution in [0.25, 0.3) is 0 Å². The van der Waals surface area contributed by atoms with Crippen molar-refractivity contribution >= 4 is 18.3 Å². The summed E-state index contributed by atoms with van der Waals surface area (Å²) in [4.78, 5) is 18.0. The second kappa shape index (κ2) is 8.75. The summed E-state index contributed by atoms with van der Waals surface area (Å²) in [5.41, 5.74) is 3.50. The van der Waals surface area contributed by atoms with Gasteiger partial charge in [-0.2, -0.15) is 0 Å². The molecule has 3 saturated heterocycles. The highest BCUT2D eigenvalue weighted by molar-refractivity contribution is 5.85. The highest BCUT2D eigenvalue weighted by atomic mass is 35.5. The van der Waals surface area contributed by atoms with E-state index in [2.05, 4.69) is 11.0 Å². The van der Waals surface area contributed by atoms with Crippen LogP contribution in [0.3, 0.4) is 0 Å². The van der Waals surface area contributed by atoms with Crippen molar-refractivity contribution in [2.75, 3.05) is 26.7 Å². The number of benzene rings is 2. The number of rotatable bonds is 6. The molecule has 5 atom stereocenters. The first-order valence-corrected chi connectivity index (χ1v) is 13.5. The summed E-state index contributed by atoms with van der Waals surface area (Å²) in [6, 6.07) is 16.1. The van der Waals surface area contributed by atoms with E-state index < -0.39 is 0 Å². The van der Waals surface area contributed by atoms with Crippen LogP contribution in [0, 0.1) is 11.8 Å². The first-order chi connectivity index (χ1) is 17.0. The van der Waals surface area contributed by atoms with Crippen LogP contribution in [0.4, 0.5) is 0 Å². The van der Waals surface area contributed by atoms with Crippen molar-refractivity contribution in [3.05, 3.63) is 65.2 Å². The third-order valence-corrected chi connectivity index (χ3v) is 9.88. The molecule has 2 aliphatic carbocycles. The molecular formula is C30H37ClN2O3. The lowest BCUT2D eigenvalue weighted by Gasteiger charge is -2.61. The molecule has 1 saturated carbocycles. The van der Waals surface area contributed by atoms with Gasteiger partial charge in [-0.25, -0.2) is 0 Å². The summed E-state index contributed by atoms with van der Waals surface area (Å²) in [6.07, 6.45) is 7.60. The summed E-state index contributed by atoms with van der Waals surface area (Å²) in [7, 11) is 1.96. The van der Waals surface area contributed by atoms with Gasteiger partial charge in [0.15, 0.2) is 0 Å².